The molecule has 2 fully saturated rings. The summed E-state index contributed by atoms with van der Waals surface area (Å²) in [6.45, 7) is 12.2. The maximum absolute atomic E-state index is 13.1. The van der Waals surface area contributed by atoms with Crippen LogP contribution in [0.3, 0.4) is 0 Å². The van der Waals surface area contributed by atoms with Gasteiger partial charge in [0, 0.05) is 17.5 Å². The molecule has 2 saturated carbocycles. The number of nitrogens with zero attached hydrogens (tertiary/aromatic N) is 2. The Labute approximate surface area is 186 Å². The van der Waals surface area contributed by atoms with E-state index in [9.17, 15) is 9.59 Å². The molecule has 2 bridgehead atoms. The highest BCUT2D eigenvalue weighted by atomic mass is 32.2. The van der Waals surface area contributed by atoms with E-state index in [1.54, 1.807) is 10.6 Å². The summed E-state index contributed by atoms with van der Waals surface area (Å²) in [4.78, 5) is 32.7. The van der Waals surface area contributed by atoms with E-state index in [4.69, 9.17) is 4.98 Å². The fourth-order valence-electron chi connectivity index (χ4n) is 5.26. The van der Waals surface area contributed by atoms with Gasteiger partial charge in [0.15, 0.2) is 5.16 Å². The second kappa shape index (κ2) is 8.50. The van der Waals surface area contributed by atoms with Crippen molar-refractivity contribution in [3.63, 3.8) is 0 Å². The topological polar surface area (TPSA) is 64.0 Å². The Bertz CT molecular complexity index is 1040. The molecule has 4 rings (SSSR count). The molecule has 5 atom stereocenters. The predicted octanol–water partition coefficient (Wildman–Crippen LogP) is 4.68. The number of thioether (sulfide) groups is 1. The molecule has 2 aliphatic rings. The summed E-state index contributed by atoms with van der Waals surface area (Å²) >= 11 is 2.90. The molecular weight excluding hydrogens is 414 g/mol. The lowest BCUT2D eigenvalue weighted by Crippen LogP contribution is -2.43. The van der Waals surface area contributed by atoms with Crippen LogP contribution < -0.4 is 10.9 Å². The van der Waals surface area contributed by atoms with Crippen LogP contribution in [0.1, 0.15) is 50.0 Å². The van der Waals surface area contributed by atoms with Gasteiger partial charge in [0.05, 0.1) is 10.6 Å². The third-order valence-electron chi connectivity index (χ3n) is 7.02. The van der Waals surface area contributed by atoms with Crippen molar-refractivity contribution in [1.82, 2.24) is 14.9 Å². The number of carbonyl (C=O) groups excluding carboxylic acids is 1. The number of hydrogen-bond donors (Lipinski definition) is 1. The Kier molecular flexibility index (Phi) is 6.13. The first kappa shape index (κ1) is 21.6. The summed E-state index contributed by atoms with van der Waals surface area (Å²) in [7, 11) is 0. The van der Waals surface area contributed by atoms with Crippen LogP contribution in [-0.4, -0.2) is 26.8 Å². The third-order valence-corrected chi connectivity index (χ3v) is 9.21. The molecule has 0 saturated heterocycles. The third kappa shape index (κ3) is 3.86. The summed E-state index contributed by atoms with van der Waals surface area (Å²) in [5, 5.41) is 4.20. The van der Waals surface area contributed by atoms with E-state index < -0.39 is 0 Å². The zero-order valence-electron chi connectivity index (χ0n) is 18.2. The first-order valence-corrected chi connectivity index (χ1v) is 12.6. The van der Waals surface area contributed by atoms with Gasteiger partial charge in [0.2, 0.25) is 5.91 Å². The standard InChI is InChI=1S/C23H31N3O2S2/c1-6-9-26-22(28)19-12(2)14(4)29-21(19)25-23(26)30-15(5)20(27)24-13(3)18-11-16-7-8-17(18)10-16/h6,13,15-18H,1,7-11H2,2-5H3,(H,24,27). The van der Waals surface area contributed by atoms with Crippen molar-refractivity contribution >= 4 is 39.2 Å². The number of fused-ring (bicyclic) bond motifs is 3. The molecule has 2 aromatic heterocycles. The fraction of sp³-hybridized carbons (Fsp3) is 0.609. The van der Waals surface area contributed by atoms with Crippen LogP contribution in [0.15, 0.2) is 22.6 Å². The highest BCUT2D eigenvalue weighted by Gasteiger charge is 2.42. The van der Waals surface area contributed by atoms with Gasteiger partial charge in [0.25, 0.3) is 5.56 Å². The second-order valence-electron chi connectivity index (χ2n) is 8.96. The average Bonchev–Trinajstić information content (AvgIpc) is 3.40. The summed E-state index contributed by atoms with van der Waals surface area (Å²) in [6.07, 6.45) is 6.98. The predicted molar refractivity (Wildman–Crippen MR) is 125 cm³/mol. The van der Waals surface area contributed by atoms with Crippen molar-refractivity contribution in [2.24, 2.45) is 17.8 Å². The Morgan fingerprint density at radius 1 is 1.37 bits per heavy atom. The molecule has 0 radical (unpaired) electrons. The van der Waals surface area contributed by atoms with Crippen molar-refractivity contribution in [3.8, 4) is 0 Å². The van der Waals surface area contributed by atoms with Crippen molar-refractivity contribution < 1.29 is 4.79 Å². The quantitative estimate of drug-likeness (QED) is 0.382. The minimum absolute atomic E-state index is 0.0216. The van der Waals surface area contributed by atoms with Crippen LogP contribution in [0.5, 0.6) is 0 Å². The second-order valence-corrected chi connectivity index (χ2v) is 11.5. The van der Waals surface area contributed by atoms with Crippen LogP contribution in [0.25, 0.3) is 10.2 Å². The number of carbonyl (C=O) groups is 1. The van der Waals surface area contributed by atoms with E-state index in [0.29, 0.717) is 23.0 Å². The van der Waals surface area contributed by atoms with Crippen molar-refractivity contribution in [2.45, 2.75) is 76.4 Å². The van der Waals surface area contributed by atoms with Crippen LogP contribution in [0, 0.1) is 31.6 Å². The van der Waals surface area contributed by atoms with E-state index in [1.165, 1.54) is 48.8 Å². The largest absolute Gasteiger partial charge is 0.352 e. The fourth-order valence-corrected chi connectivity index (χ4v) is 7.25. The van der Waals surface area contributed by atoms with E-state index in [0.717, 1.165) is 27.1 Å². The van der Waals surface area contributed by atoms with Crippen LogP contribution in [0.4, 0.5) is 0 Å². The average molecular weight is 446 g/mol. The first-order chi connectivity index (χ1) is 14.3. The molecule has 2 heterocycles. The normalized spacial score (nSPS) is 24.9. The summed E-state index contributed by atoms with van der Waals surface area (Å²) < 4.78 is 1.64. The van der Waals surface area contributed by atoms with E-state index in [1.807, 2.05) is 20.8 Å². The molecule has 1 amide bonds. The maximum Gasteiger partial charge on any atom is 0.263 e. The Balaban J connectivity index is 1.52. The molecule has 30 heavy (non-hydrogen) atoms. The monoisotopic (exact) mass is 445 g/mol. The molecule has 0 aliphatic heterocycles. The van der Waals surface area contributed by atoms with Gasteiger partial charge in [-0.05, 0) is 70.3 Å². The zero-order chi connectivity index (χ0) is 21.6. The van der Waals surface area contributed by atoms with Gasteiger partial charge < -0.3 is 5.32 Å². The number of aromatic nitrogens is 2. The smallest absolute Gasteiger partial charge is 0.263 e. The molecule has 0 spiro atoms. The molecule has 7 heteroatoms. The van der Waals surface area contributed by atoms with Crippen LogP contribution >= 0.6 is 23.1 Å². The van der Waals surface area contributed by atoms with Gasteiger partial charge in [-0.2, -0.15) is 0 Å². The van der Waals surface area contributed by atoms with Gasteiger partial charge in [-0.1, -0.05) is 24.3 Å². The number of allylic oxidation sites excluding steroid dienone is 1. The lowest BCUT2D eigenvalue weighted by molar-refractivity contribution is -0.121. The van der Waals surface area contributed by atoms with Gasteiger partial charge >= 0.3 is 0 Å². The summed E-state index contributed by atoms with van der Waals surface area (Å²) in [5.74, 6) is 2.28. The minimum atomic E-state index is -0.325. The van der Waals surface area contributed by atoms with Gasteiger partial charge in [-0.25, -0.2) is 4.98 Å². The summed E-state index contributed by atoms with van der Waals surface area (Å²) in [5.41, 5.74) is 0.944. The Morgan fingerprint density at radius 3 is 2.77 bits per heavy atom. The highest BCUT2D eigenvalue weighted by Crippen LogP contribution is 2.49. The molecule has 5 nitrogen and oxygen atoms in total. The number of thiophene rings is 1. The van der Waals surface area contributed by atoms with E-state index >= 15 is 0 Å². The summed E-state index contributed by atoms with van der Waals surface area (Å²) in [6, 6.07) is 0.198. The van der Waals surface area contributed by atoms with E-state index in [2.05, 4.69) is 18.8 Å². The molecule has 0 aromatic carbocycles. The zero-order valence-corrected chi connectivity index (χ0v) is 19.9. The first-order valence-electron chi connectivity index (χ1n) is 10.9. The van der Waals surface area contributed by atoms with Crippen molar-refractivity contribution in [3.05, 3.63) is 33.4 Å². The minimum Gasteiger partial charge on any atom is -0.352 e. The molecule has 1 N–H and O–H groups in total. The molecule has 5 unspecified atom stereocenters. The molecule has 162 valence electrons. The van der Waals surface area contributed by atoms with E-state index in [-0.39, 0.29) is 22.8 Å². The number of nitrogens with one attached hydrogen (secondary N) is 1. The van der Waals surface area contributed by atoms with Gasteiger partial charge in [-0.15, -0.1) is 17.9 Å². The molecule has 2 aromatic rings. The molecular formula is C23H31N3O2S2. The van der Waals surface area contributed by atoms with Crippen molar-refractivity contribution in [1.29, 1.82) is 0 Å². The van der Waals surface area contributed by atoms with Gasteiger partial charge in [0.1, 0.15) is 4.83 Å². The van der Waals surface area contributed by atoms with Gasteiger partial charge in [-0.3, -0.25) is 14.2 Å². The maximum atomic E-state index is 13.1. The Morgan fingerprint density at radius 2 is 2.13 bits per heavy atom. The number of rotatable bonds is 7. The van der Waals surface area contributed by atoms with Crippen LogP contribution in [-0.2, 0) is 11.3 Å². The lowest BCUT2D eigenvalue weighted by atomic mass is 9.84. The Hall–Kier alpha value is -1.60. The van der Waals surface area contributed by atoms with Crippen LogP contribution in [0.2, 0.25) is 0 Å². The number of aryl methyl sites for hydroxylation is 2. The number of hydrogen-bond acceptors (Lipinski definition) is 5. The SMILES string of the molecule is C=CCn1c(SC(C)C(=O)NC(C)C2CC3CCC2C3)nc2sc(C)c(C)c2c1=O. The molecule has 2 aliphatic carbocycles. The number of amides is 1. The van der Waals surface area contributed by atoms with Crippen molar-refractivity contribution in [2.75, 3.05) is 0 Å². The highest BCUT2D eigenvalue weighted by molar-refractivity contribution is 8.00. The lowest BCUT2D eigenvalue weighted by Gasteiger charge is -2.29.